The van der Waals surface area contributed by atoms with Gasteiger partial charge in [0, 0.05) is 6.42 Å². The number of esters is 1. The summed E-state index contributed by atoms with van der Waals surface area (Å²) in [6.07, 6.45) is 1.83. The highest BCUT2D eigenvalue weighted by Crippen LogP contribution is 2.36. The van der Waals surface area contributed by atoms with Crippen molar-refractivity contribution in [1.29, 1.82) is 0 Å². The number of hydrogen-bond acceptors (Lipinski definition) is 6. The molecular weight excluding hydrogens is 483 g/mol. The van der Waals surface area contributed by atoms with Crippen LogP contribution in [0, 0.1) is 5.82 Å². The van der Waals surface area contributed by atoms with E-state index in [1.807, 2.05) is 60.7 Å². The van der Waals surface area contributed by atoms with Gasteiger partial charge in [-0.2, -0.15) is 10.2 Å². The van der Waals surface area contributed by atoms with Crippen molar-refractivity contribution in [3.63, 3.8) is 0 Å². The Labute approximate surface area is 218 Å². The van der Waals surface area contributed by atoms with Crippen LogP contribution in [0.1, 0.15) is 33.5 Å². The predicted molar refractivity (Wildman–Crippen MR) is 142 cm³/mol. The van der Waals surface area contributed by atoms with E-state index in [1.54, 1.807) is 24.3 Å². The van der Waals surface area contributed by atoms with Crippen LogP contribution in [0.5, 0.6) is 5.75 Å². The molecule has 0 spiro atoms. The maximum atomic E-state index is 13.3. The molecule has 0 radical (unpaired) electrons. The van der Waals surface area contributed by atoms with Crippen LogP contribution < -0.4 is 15.6 Å². The predicted octanol–water partition coefficient (Wildman–Crippen LogP) is 4.79. The number of benzene rings is 4. The zero-order valence-electron chi connectivity index (χ0n) is 20.2. The molecular formula is C30H23FN4O3. The second kappa shape index (κ2) is 10.9. The standard InChI is InChI=1S/C30H23FN4O3/c31-25-13-7-8-22(18-25)29(37)38-26-16-14-21(15-17-26)20-32-34-28(36)27-19-30(35-33-27,23-9-3-1-4-10-23)24-11-5-2-6-12-24/h1-18,20,35H,19H2,(H,34,36). The van der Waals surface area contributed by atoms with Gasteiger partial charge in [-0.05, 0) is 59.2 Å². The Bertz CT molecular complexity index is 1460. The average molecular weight is 507 g/mol. The normalized spacial score (nSPS) is 14.0. The second-order valence-corrected chi connectivity index (χ2v) is 8.65. The lowest BCUT2D eigenvalue weighted by Gasteiger charge is -2.30. The summed E-state index contributed by atoms with van der Waals surface area (Å²) in [7, 11) is 0. The Hall–Kier alpha value is -5.11. The van der Waals surface area contributed by atoms with E-state index in [2.05, 4.69) is 21.1 Å². The molecule has 38 heavy (non-hydrogen) atoms. The Morgan fingerprint density at radius 2 is 1.55 bits per heavy atom. The largest absolute Gasteiger partial charge is 0.423 e. The summed E-state index contributed by atoms with van der Waals surface area (Å²) in [6.45, 7) is 0. The van der Waals surface area contributed by atoms with Crippen LogP contribution in [-0.4, -0.2) is 23.8 Å². The van der Waals surface area contributed by atoms with Crippen molar-refractivity contribution in [1.82, 2.24) is 10.9 Å². The maximum Gasteiger partial charge on any atom is 0.343 e. The topological polar surface area (TPSA) is 92.1 Å². The molecule has 0 fully saturated rings. The summed E-state index contributed by atoms with van der Waals surface area (Å²) in [6, 6.07) is 31.5. The van der Waals surface area contributed by atoms with Crippen molar-refractivity contribution in [2.75, 3.05) is 0 Å². The molecule has 1 aliphatic rings. The molecule has 0 aliphatic carbocycles. The third-order valence-corrected chi connectivity index (χ3v) is 6.14. The van der Waals surface area contributed by atoms with E-state index in [1.165, 1.54) is 24.4 Å². The third-order valence-electron chi connectivity index (χ3n) is 6.14. The molecule has 5 rings (SSSR count). The van der Waals surface area contributed by atoms with Crippen LogP contribution in [0.15, 0.2) is 119 Å². The number of hydrazone groups is 2. The van der Waals surface area contributed by atoms with Gasteiger partial charge in [-0.25, -0.2) is 14.6 Å². The summed E-state index contributed by atoms with van der Waals surface area (Å²) in [4.78, 5) is 25.0. The van der Waals surface area contributed by atoms with Crippen LogP contribution in [0.2, 0.25) is 0 Å². The summed E-state index contributed by atoms with van der Waals surface area (Å²) >= 11 is 0. The molecule has 0 saturated heterocycles. The minimum Gasteiger partial charge on any atom is -0.423 e. The lowest BCUT2D eigenvalue weighted by molar-refractivity contribution is -0.114. The molecule has 0 unspecified atom stereocenters. The number of nitrogens with zero attached hydrogens (tertiary/aromatic N) is 2. The number of hydrogen-bond donors (Lipinski definition) is 2. The third kappa shape index (κ3) is 5.34. The van der Waals surface area contributed by atoms with Gasteiger partial charge in [-0.1, -0.05) is 66.7 Å². The van der Waals surface area contributed by atoms with Crippen molar-refractivity contribution >= 4 is 23.8 Å². The van der Waals surface area contributed by atoms with Gasteiger partial charge in [-0.3, -0.25) is 10.2 Å². The van der Waals surface area contributed by atoms with Crippen molar-refractivity contribution in [2.24, 2.45) is 10.2 Å². The van der Waals surface area contributed by atoms with Crippen LogP contribution in [-0.2, 0) is 10.3 Å². The summed E-state index contributed by atoms with van der Waals surface area (Å²) in [5, 5.41) is 8.39. The van der Waals surface area contributed by atoms with E-state index in [4.69, 9.17) is 4.74 Å². The lowest BCUT2D eigenvalue weighted by atomic mass is 9.80. The van der Waals surface area contributed by atoms with Gasteiger partial charge < -0.3 is 4.74 Å². The summed E-state index contributed by atoms with van der Waals surface area (Å²) in [5.41, 5.74) is 8.18. The van der Waals surface area contributed by atoms with Crippen LogP contribution in [0.4, 0.5) is 4.39 Å². The van der Waals surface area contributed by atoms with Gasteiger partial charge >= 0.3 is 5.97 Å². The zero-order chi connectivity index (χ0) is 26.4. The first-order valence-corrected chi connectivity index (χ1v) is 11.9. The Morgan fingerprint density at radius 3 is 2.18 bits per heavy atom. The minimum absolute atomic E-state index is 0.117. The minimum atomic E-state index is -0.661. The van der Waals surface area contributed by atoms with Gasteiger partial charge in [-0.15, -0.1) is 0 Å². The molecule has 4 aromatic rings. The van der Waals surface area contributed by atoms with E-state index < -0.39 is 23.2 Å². The van der Waals surface area contributed by atoms with E-state index in [0.717, 1.165) is 17.2 Å². The molecule has 0 atom stereocenters. The Balaban J connectivity index is 1.21. The second-order valence-electron chi connectivity index (χ2n) is 8.65. The van der Waals surface area contributed by atoms with Gasteiger partial charge in [0.25, 0.3) is 5.91 Å². The number of nitrogens with one attached hydrogen (secondary N) is 2. The maximum absolute atomic E-state index is 13.3. The summed E-state index contributed by atoms with van der Waals surface area (Å²) < 4.78 is 18.6. The quantitative estimate of drug-likeness (QED) is 0.163. The van der Waals surface area contributed by atoms with E-state index in [-0.39, 0.29) is 5.56 Å². The molecule has 1 heterocycles. The van der Waals surface area contributed by atoms with E-state index >= 15 is 0 Å². The fraction of sp³-hybridized carbons (Fsp3) is 0.0667. The fourth-order valence-electron chi connectivity index (χ4n) is 4.20. The van der Waals surface area contributed by atoms with Gasteiger partial charge in [0.05, 0.1) is 11.8 Å². The lowest BCUT2D eigenvalue weighted by Crippen LogP contribution is -2.38. The van der Waals surface area contributed by atoms with Gasteiger partial charge in [0.2, 0.25) is 0 Å². The fourth-order valence-corrected chi connectivity index (χ4v) is 4.20. The zero-order valence-corrected chi connectivity index (χ0v) is 20.2. The molecule has 1 amide bonds. The molecule has 8 heteroatoms. The SMILES string of the molecule is O=C(NN=Cc1ccc(OC(=O)c2cccc(F)c2)cc1)C1=NNC(c2ccccc2)(c2ccccc2)C1. The Morgan fingerprint density at radius 1 is 0.895 bits per heavy atom. The van der Waals surface area contributed by atoms with E-state index in [0.29, 0.717) is 23.4 Å². The van der Waals surface area contributed by atoms with Crippen molar-refractivity contribution in [3.8, 4) is 5.75 Å². The van der Waals surface area contributed by atoms with Crippen LogP contribution in [0.3, 0.4) is 0 Å². The highest BCUT2D eigenvalue weighted by atomic mass is 19.1. The molecule has 188 valence electrons. The first kappa shape index (κ1) is 24.6. The highest BCUT2D eigenvalue weighted by Gasteiger charge is 2.41. The highest BCUT2D eigenvalue weighted by molar-refractivity contribution is 6.39. The number of carbonyl (C=O) groups excluding carboxylic acids is 2. The number of carbonyl (C=O) groups is 2. The molecule has 2 N–H and O–H groups in total. The average Bonchev–Trinajstić information content (AvgIpc) is 3.42. The number of ether oxygens (including phenoxy) is 1. The molecule has 7 nitrogen and oxygen atoms in total. The summed E-state index contributed by atoms with van der Waals surface area (Å²) in [5.74, 6) is -1.29. The van der Waals surface area contributed by atoms with Crippen molar-refractivity contribution in [3.05, 3.63) is 137 Å². The Kier molecular flexibility index (Phi) is 7.04. The van der Waals surface area contributed by atoms with Crippen LogP contribution >= 0.6 is 0 Å². The van der Waals surface area contributed by atoms with E-state index in [9.17, 15) is 14.0 Å². The molecule has 0 bridgehead atoms. The molecule has 0 aromatic heterocycles. The van der Waals surface area contributed by atoms with Gasteiger partial charge in [0.15, 0.2) is 0 Å². The van der Waals surface area contributed by atoms with Crippen molar-refractivity contribution in [2.45, 2.75) is 12.0 Å². The molecule has 4 aromatic carbocycles. The smallest absolute Gasteiger partial charge is 0.343 e. The number of halogens is 1. The van der Waals surface area contributed by atoms with Crippen LogP contribution in [0.25, 0.3) is 0 Å². The van der Waals surface area contributed by atoms with Crippen molar-refractivity contribution < 1.29 is 18.7 Å². The first-order chi connectivity index (χ1) is 18.5. The monoisotopic (exact) mass is 506 g/mol. The number of amides is 1. The molecule has 1 aliphatic heterocycles. The number of rotatable bonds is 7. The molecule has 0 saturated carbocycles. The van der Waals surface area contributed by atoms with Gasteiger partial charge in [0.1, 0.15) is 22.8 Å². The first-order valence-electron chi connectivity index (χ1n) is 11.9.